The molecule has 1 atom stereocenters. The molecule has 1 aliphatic heterocycles. The standard InChI is InChI=1S/C29H30N8O2/c1-17-20(8-11-24(30)36-17)14-35-28(38)23-10-9-21-15-33-27(29(39)37(21)23)34-16-22-25-18(4-2-12-31-25)6-7-19-5-3-13-32-26(19)22/h2-5,8,11-13,15,22-23H,6-7,9-10,14,16H2,1H3,(H2,30,36)(H,33,34)(H,35,38)/t23-/m0/s1. The third kappa shape index (κ3) is 4.73. The third-order valence-electron chi connectivity index (χ3n) is 7.68. The van der Waals surface area contributed by atoms with Gasteiger partial charge >= 0.3 is 0 Å². The monoisotopic (exact) mass is 522 g/mol. The summed E-state index contributed by atoms with van der Waals surface area (Å²) >= 11 is 0. The third-order valence-corrected chi connectivity index (χ3v) is 7.68. The van der Waals surface area contributed by atoms with Crippen LogP contribution in [0.1, 0.15) is 57.8 Å². The minimum absolute atomic E-state index is 0.129. The molecule has 2 aliphatic rings. The number of hydrogen-bond acceptors (Lipinski definition) is 8. The van der Waals surface area contributed by atoms with Gasteiger partial charge in [-0.1, -0.05) is 18.2 Å². The fraction of sp³-hybridized carbons (Fsp3) is 0.310. The van der Waals surface area contributed by atoms with E-state index in [4.69, 9.17) is 15.7 Å². The number of nitrogen functional groups attached to an aromatic ring is 1. The Bertz CT molecular complexity index is 1570. The highest BCUT2D eigenvalue weighted by Crippen LogP contribution is 2.32. The van der Waals surface area contributed by atoms with E-state index in [-0.39, 0.29) is 23.2 Å². The van der Waals surface area contributed by atoms with E-state index in [0.717, 1.165) is 41.2 Å². The molecular formula is C29H30N8O2. The summed E-state index contributed by atoms with van der Waals surface area (Å²) in [5, 5.41) is 6.24. The summed E-state index contributed by atoms with van der Waals surface area (Å²) in [5.74, 6) is 0.324. The van der Waals surface area contributed by atoms with Gasteiger partial charge in [0, 0.05) is 43.1 Å². The first-order chi connectivity index (χ1) is 19.0. The van der Waals surface area contributed by atoms with Gasteiger partial charge in [0.25, 0.3) is 5.56 Å². The molecule has 198 valence electrons. The Labute approximate surface area is 225 Å². The van der Waals surface area contributed by atoms with E-state index >= 15 is 0 Å². The van der Waals surface area contributed by atoms with Crippen LogP contribution in [0.3, 0.4) is 0 Å². The zero-order chi connectivity index (χ0) is 26.9. The van der Waals surface area contributed by atoms with Crippen molar-refractivity contribution in [1.82, 2.24) is 29.8 Å². The number of rotatable bonds is 6. The Morgan fingerprint density at radius 1 is 1.03 bits per heavy atom. The molecule has 0 saturated carbocycles. The lowest BCUT2D eigenvalue weighted by molar-refractivity contribution is -0.124. The van der Waals surface area contributed by atoms with Crippen LogP contribution in [0, 0.1) is 6.92 Å². The molecule has 1 amide bonds. The molecule has 6 rings (SSSR count). The van der Waals surface area contributed by atoms with E-state index in [0.29, 0.717) is 31.7 Å². The molecule has 0 saturated heterocycles. The largest absolute Gasteiger partial charge is 0.384 e. The van der Waals surface area contributed by atoms with Gasteiger partial charge < -0.3 is 16.4 Å². The van der Waals surface area contributed by atoms with Crippen LogP contribution in [0.25, 0.3) is 0 Å². The van der Waals surface area contributed by atoms with Gasteiger partial charge in [-0.05, 0) is 67.5 Å². The molecule has 4 aromatic heterocycles. The number of pyridine rings is 3. The van der Waals surface area contributed by atoms with Crippen LogP contribution >= 0.6 is 0 Å². The Kier molecular flexibility index (Phi) is 6.52. The van der Waals surface area contributed by atoms with E-state index in [2.05, 4.69) is 32.7 Å². The molecular weight excluding hydrogens is 492 g/mol. The van der Waals surface area contributed by atoms with Crippen molar-refractivity contribution in [2.24, 2.45) is 0 Å². The summed E-state index contributed by atoms with van der Waals surface area (Å²) in [7, 11) is 0. The second-order valence-corrected chi connectivity index (χ2v) is 10.1. The molecule has 0 radical (unpaired) electrons. The van der Waals surface area contributed by atoms with Crippen molar-refractivity contribution >= 4 is 17.5 Å². The molecule has 5 heterocycles. The van der Waals surface area contributed by atoms with Crippen LogP contribution in [-0.2, 0) is 30.6 Å². The van der Waals surface area contributed by atoms with Crippen LogP contribution in [0.4, 0.5) is 11.6 Å². The number of nitrogens with two attached hydrogens (primary N) is 1. The normalized spacial score (nSPS) is 16.1. The molecule has 10 nitrogen and oxygen atoms in total. The Morgan fingerprint density at radius 2 is 1.74 bits per heavy atom. The van der Waals surface area contributed by atoms with E-state index in [1.54, 1.807) is 29.2 Å². The van der Waals surface area contributed by atoms with Crippen LogP contribution in [0.2, 0.25) is 0 Å². The zero-order valence-corrected chi connectivity index (χ0v) is 21.7. The fourth-order valence-corrected chi connectivity index (χ4v) is 5.65. The number of amides is 1. The van der Waals surface area contributed by atoms with Crippen molar-refractivity contribution < 1.29 is 4.79 Å². The molecule has 0 unspecified atom stereocenters. The molecule has 10 heteroatoms. The zero-order valence-electron chi connectivity index (χ0n) is 21.7. The maximum absolute atomic E-state index is 13.6. The van der Waals surface area contributed by atoms with Crippen molar-refractivity contribution in [1.29, 1.82) is 0 Å². The number of aromatic nitrogens is 5. The molecule has 0 fully saturated rings. The molecule has 1 aliphatic carbocycles. The molecule has 0 aromatic carbocycles. The maximum Gasteiger partial charge on any atom is 0.294 e. The highest BCUT2D eigenvalue weighted by atomic mass is 16.2. The fourth-order valence-electron chi connectivity index (χ4n) is 5.65. The molecule has 4 aromatic rings. The minimum atomic E-state index is -0.597. The first-order valence-electron chi connectivity index (χ1n) is 13.2. The molecule has 39 heavy (non-hydrogen) atoms. The lowest BCUT2D eigenvalue weighted by Crippen LogP contribution is -2.36. The van der Waals surface area contributed by atoms with E-state index in [1.165, 1.54) is 11.1 Å². The lowest BCUT2D eigenvalue weighted by Gasteiger charge is -2.20. The van der Waals surface area contributed by atoms with Gasteiger partial charge in [-0.2, -0.15) is 0 Å². The summed E-state index contributed by atoms with van der Waals surface area (Å²) in [6, 6.07) is 11.1. The van der Waals surface area contributed by atoms with Crippen molar-refractivity contribution in [3.05, 3.63) is 105 Å². The predicted molar refractivity (Wildman–Crippen MR) is 147 cm³/mol. The SMILES string of the molecule is Cc1nc(N)ccc1CNC(=O)[C@@H]1CCc2cnc(NCC3c4ncccc4CCc4cccnc43)c(=O)n21. The number of carbonyl (C=O) groups excluding carboxylic acids is 1. The highest BCUT2D eigenvalue weighted by Gasteiger charge is 2.31. The van der Waals surface area contributed by atoms with Crippen molar-refractivity contribution in [2.75, 3.05) is 17.6 Å². The van der Waals surface area contributed by atoms with Crippen molar-refractivity contribution in [3.8, 4) is 0 Å². The molecule has 0 spiro atoms. The lowest BCUT2D eigenvalue weighted by atomic mass is 9.96. The van der Waals surface area contributed by atoms with Crippen molar-refractivity contribution in [3.63, 3.8) is 0 Å². The highest BCUT2D eigenvalue weighted by molar-refractivity contribution is 5.81. The van der Waals surface area contributed by atoms with Gasteiger partial charge in [0.1, 0.15) is 11.9 Å². The van der Waals surface area contributed by atoms with Crippen molar-refractivity contribution in [2.45, 2.75) is 51.1 Å². The topological polar surface area (TPSA) is 141 Å². The van der Waals surface area contributed by atoms with E-state index in [9.17, 15) is 9.59 Å². The average molecular weight is 523 g/mol. The Balaban J connectivity index is 1.23. The Hall–Kier alpha value is -4.60. The van der Waals surface area contributed by atoms with Crippen LogP contribution in [-0.4, -0.2) is 37.0 Å². The van der Waals surface area contributed by atoms with Crippen LogP contribution in [0.5, 0.6) is 0 Å². The van der Waals surface area contributed by atoms with Gasteiger partial charge in [0.15, 0.2) is 5.82 Å². The smallest absolute Gasteiger partial charge is 0.294 e. The predicted octanol–water partition coefficient (Wildman–Crippen LogP) is 2.47. The van der Waals surface area contributed by atoms with Crippen LogP contribution in [0.15, 0.2) is 59.8 Å². The molecule has 4 N–H and O–H groups in total. The number of fused-ring (bicyclic) bond motifs is 3. The number of carbonyl (C=O) groups is 1. The van der Waals surface area contributed by atoms with Gasteiger partial charge in [-0.25, -0.2) is 9.97 Å². The van der Waals surface area contributed by atoms with Gasteiger partial charge in [-0.3, -0.25) is 24.1 Å². The summed E-state index contributed by atoms with van der Waals surface area (Å²) in [6.07, 6.45) is 8.22. The first-order valence-corrected chi connectivity index (χ1v) is 13.2. The number of hydrogen-bond donors (Lipinski definition) is 3. The number of anilines is 2. The maximum atomic E-state index is 13.6. The molecule has 0 bridgehead atoms. The summed E-state index contributed by atoms with van der Waals surface area (Å²) in [4.78, 5) is 44.8. The summed E-state index contributed by atoms with van der Waals surface area (Å²) < 4.78 is 1.57. The quantitative estimate of drug-likeness (QED) is 0.351. The Morgan fingerprint density at radius 3 is 2.44 bits per heavy atom. The summed E-state index contributed by atoms with van der Waals surface area (Å²) in [5.41, 5.74) is 12.1. The summed E-state index contributed by atoms with van der Waals surface area (Å²) in [6.45, 7) is 2.58. The van der Waals surface area contributed by atoms with E-state index < -0.39 is 6.04 Å². The first kappa shape index (κ1) is 24.7. The van der Waals surface area contributed by atoms with Gasteiger partial charge in [0.05, 0.1) is 17.3 Å². The second-order valence-electron chi connectivity index (χ2n) is 10.1. The minimum Gasteiger partial charge on any atom is -0.384 e. The number of aryl methyl sites for hydroxylation is 4. The number of nitrogens with zero attached hydrogens (tertiary/aromatic N) is 5. The van der Waals surface area contributed by atoms with Gasteiger partial charge in [-0.15, -0.1) is 0 Å². The van der Waals surface area contributed by atoms with Crippen LogP contribution < -0.4 is 21.9 Å². The average Bonchev–Trinajstić information content (AvgIpc) is 3.32. The van der Waals surface area contributed by atoms with Gasteiger partial charge in [0.2, 0.25) is 5.91 Å². The van der Waals surface area contributed by atoms with E-state index in [1.807, 2.05) is 25.1 Å². The number of nitrogens with one attached hydrogen (secondary N) is 2. The second kappa shape index (κ2) is 10.3.